The Balaban J connectivity index is 1.54. The van der Waals surface area contributed by atoms with E-state index in [1.165, 1.54) is 0 Å². The van der Waals surface area contributed by atoms with Gasteiger partial charge in [-0.05, 0) is 101 Å². The van der Waals surface area contributed by atoms with Crippen LogP contribution >= 0.6 is 55.2 Å². The number of carbonyl (C=O) groups is 3. The highest BCUT2D eigenvalue weighted by molar-refractivity contribution is 9.10. The summed E-state index contributed by atoms with van der Waals surface area (Å²) in [5.41, 5.74) is 2.92. The summed E-state index contributed by atoms with van der Waals surface area (Å²) in [6.07, 6.45) is 3.87. The predicted octanol–water partition coefficient (Wildman–Crippen LogP) is 8.25. The lowest BCUT2D eigenvalue weighted by atomic mass is 10.0. The number of benzene rings is 3. The van der Waals surface area contributed by atoms with Gasteiger partial charge in [-0.25, -0.2) is 0 Å². The van der Waals surface area contributed by atoms with E-state index in [0.717, 1.165) is 32.3 Å². The molecule has 1 heterocycles. The Bertz CT molecular complexity index is 1530. The minimum absolute atomic E-state index is 0.199. The lowest BCUT2D eigenvalue weighted by Gasteiger charge is -2.17. The third kappa shape index (κ3) is 8.03. The molecule has 3 amide bonds. The fourth-order valence-corrected chi connectivity index (χ4v) is 5.47. The third-order valence-corrected chi connectivity index (χ3v) is 8.46. The first-order valence-corrected chi connectivity index (χ1v) is 15.2. The fourth-order valence-electron chi connectivity index (χ4n) is 3.94. The minimum Gasteiger partial charge on any atom is -0.490 e. The third-order valence-electron chi connectivity index (χ3n) is 5.79. The standard InChI is InChI=1S/C30H25Br2ClN2O5S/c1-3-5-20-12-19(13-25(39-4-2)28(20)40-17-18-6-8-21(31)9-7-18)14-26-29(37)35(30(38)41-26)16-27(36)34-22-10-11-23(32)24(33)15-22/h3,6-15H,1,4-5,16-17H2,2H3,(H,34,36)/b26-14-. The van der Waals surface area contributed by atoms with E-state index in [0.29, 0.717) is 51.9 Å². The van der Waals surface area contributed by atoms with Crippen molar-refractivity contribution in [2.24, 2.45) is 0 Å². The lowest BCUT2D eigenvalue weighted by Crippen LogP contribution is -2.36. The molecular weight excluding hydrogens is 696 g/mol. The van der Waals surface area contributed by atoms with Crippen LogP contribution in [-0.4, -0.2) is 35.1 Å². The molecule has 0 aromatic heterocycles. The van der Waals surface area contributed by atoms with Crippen LogP contribution in [0.15, 0.2) is 81.1 Å². The highest BCUT2D eigenvalue weighted by atomic mass is 79.9. The molecule has 1 N–H and O–H groups in total. The van der Waals surface area contributed by atoms with Crippen LogP contribution in [0.1, 0.15) is 23.6 Å². The number of imide groups is 1. The maximum Gasteiger partial charge on any atom is 0.294 e. The maximum absolute atomic E-state index is 13.1. The van der Waals surface area contributed by atoms with Crippen molar-refractivity contribution >= 4 is 84.0 Å². The summed E-state index contributed by atoms with van der Waals surface area (Å²) >= 11 is 13.6. The summed E-state index contributed by atoms with van der Waals surface area (Å²) in [4.78, 5) is 39.5. The lowest BCUT2D eigenvalue weighted by molar-refractivity contribution is -0.127. The smallest absolute Gasteiger partial charge is 0.294 e. The van der Waals surface area contributed by atoms with Gasteiger partial charge < -0.3 is 14.8 Å². The summed E-state index contributed by atoms with van der Waals surface area (Å²) < 4.78 is 13.7. The number of halogens is 3. The van der Waals surface area contributed by atoms with Crippen molar-refractivity contribution in [3.8, 4) is 11.5 Å². The van der Waals surface area contributed by atoms with Crippen molar-refractivity contribution in [1.29, 1.82) is 0 Å². The summed E-state index contributed by atoms with van der Waals surface area (Å²) in [7, 11) is 0. The first-order valence-electron chi connectivity index (χ1n) is 12.5. The first-order chi connectivity index (χ1) is 19.7. The van der Waals surface area contributed by atoms with Crippen LogP contribution in [0.5, 0.6) is 11.5 Å². The zero-order valence-electron chi connectivity index (χ0n) is 21.9. The van der Waals surface area contributed by atoms with Gasteiger partial charge in [0.1, 0.15) is 13.2 Å². The topological polar surface area (TPSA) is 84.9 Å². The van der Waals surface area contributed by atoms with Gasteiger partial charge in [0.25, 0.3) is 11.1 Å². The molecule has 3 aromatic carbocycles. The van der Waals surface area contributed by atoms with Crippen molar-refractivity contribution in [2.75, 3.05) is 18.5 Å². The Morgan fingerprint density at radius 1 is 1.10 bits per heavy atom. The molecule has 0 saturated carbocycles. The molecular formula is C30H25Br2ClN2O5S. The first kappa shape index (κ1) is 30.9. The molecule has 0 radical (unpaired) electrons. The van der Waals surface area contributed by atoms with Gasteiger partial charge in [-0.3, -0.25) is 19.3 Å². The normalized spacial score (nSPS) is 14.0. The number of carbonyl (C=O) groups excluding carboxylic acids is 3. The van der Waals surface area contributed by atoms with Gasteiger partial charge in [0, 0.05) is 20.2 Å². The van der Waals surface area contributed by atoms with E-state index in [4.69, 9.17) is 21.1 Å². The van der Waals surface area contributed by atoms with E-state index in [-0.39, 0.29) is 4.91 Å². The maximum atomic E-state index is 13.1. The van der Waals surface area contributed by atoms with Crippen molar-refractivity contribution in [1.82, 2.24) is 4.90 Å². The second kappa shape index (κ2) is 14.2. The number of anilines is 1. The molecule has 4 rings (SSSR count). The molecule has 11 heteroatoms. The Morgan fingerprint density at radius 3 is 2.54 bits per heavy atom. The molecule has 0 unspecified atom stereocenters. The number of nitrogens with one attached hydrogen (secondary N) is 1. The van der Waals surface area contributed by atoms with Gasteiger partial charge in [-0.2, -0.15) is 0 Å². The molecule has 1 aliphatic heterocycles. The zero-order valence-corrected chi connectivity index (χ0v) is 26.7. The molecule has 7 nitrogen and oxygen atoms in total. The molecule has 1 aliphatic rings. The second-order valence-corrected chi connectivity index (χ2v) is 12.0. The summed E-state index contributed by atoms with van der Waals surface area (Å²) in [6.45, 7) is 6.05. The van der Waals surface area contributed by atoms with Crippen molar-refractivity contribution in [3.05, 3.63) is 103 Å². The summed E-state index contributed by atoms with van der Waals surface area (Å²) in [5, 5.41) is 2.55. The van der Waals surface area contributed by atoms with Gasteiger partial charge in [-0.15, -0.1) is 6.58 Å². The van der Waals surface area contributed by atoms with E-state index in [2.05, 4.69) is 43.8 Å². The van der Waals surface area contributed by atoms with Gasteiger partial charge in [0.05, 0.1) is 16.5 Å². The highest BCUT2D eigenvalue weighted by Crippen LogP contribution is 2.38. The van der Waals surface area contributed by atoms with E-state index in [1.807, 2.05) is 37.3 Å². The molecule has 1 saturated heterocycles. The van der Waals surface area contributed by atoms with Gasteiger partial charge in [0.15, 0.2) is 11.5 Å². The van der Waals surface area contributed by atoms with Gasteiger partial charge in [0.2, 0.25) is 5.91 Å². The van der Waals surface area contributed by atoms with Crippen molar-refractivity contribution in [2.45, 2.75) is 20.0 Å². The quantitative estimate of drug-likeness (QED) is 0.159. The van der Waals surface area contributed by atoms with Gasteiger partial charge >= 0.3 is 0 Å². The Morgan fingerprint density at radius 2 is 1.85 bits per heavy atom. The van der Waals surface area contributed by atoms with Crippen LogP contribution in [0.4, 0.5) is 10.5 Å². The average molecular weight is 721 g/mol. The van der Waals surface area contributed by atoms with Gasteiger partial charge in [-0.1, -0.05) is 45.7 Å². The number of hydrogen-bond donors (Lipinski definition) is 1. The highest BCUT2D eigenvalue weighted by Gasteiger charge is 2.36. The van der Waals surface area contributed by atoms with E-state index in [9.17, 15) is 14.4 Å². The Kier molecular flexibility index (Phi) is 10.7. The molecule has 3 aromatic rings. The van der Waals surface area contributed by atoms with Crippen molar-refractivity contribution < 1.29 is 23.9 Å². The minimum atomic E-state index is -0.553. The summed E-state index contributed by atoms with van der Waals surface area (Å²) in [6, 6.07) is 16.4. The summed E-state index contributed by atoms with van der Waals surface area (Å²) in [5.74, 6) is 0.0283. The van der Waals surface area contributed by atoms with Crippen LogP contribution in [0.3, 0.4) is 0 Å². The number of thioether (sulfide) groups is 1. The second-order valence-electron chi connectivity index (χ2n) is 8.79. The number of hydrogen-bond acceptors (Lipinski definition) is 6. The predicted molar refractivity (Wildman–Crippen MR) is 170 cm³/mol. The van der Waals surface area contributed by atoms with Crippen LogP contribution in [-0.2, 0) is 22.6 Å². The number of nitrogens with zero attached hydrogens (tertiary/aromatic N) is 1. The molecule has 1 fully saturated rings. The molecule has 41 heavy (non-hydrogen) atoms. The molecule has 0 spiro atoms. The van der Waals surface area contributed by atoms with Crippen LogP contribution in [0.2, 0.25) is 5.02 Å². The number of amides is 3. The van der Waals surface area contributed by atoms with Crippen LogP contribution in [0, 0.1) is 0 Å². The van der Waals surface area contributed by atoms with E-state index >= 15 is 0 Å². The largest absolute Gasteiger partial charge is 0.490 e. The fraction of sp³-hybridized carbons (Fsp3) is 0.167. The monoisotopic (exact) mass is 718 g/mol. The molecule has 0 bridgehead atoms. The molecule has 0 atom stereocenters. The van der Waals surface area contributed by atoms with Crippen LogP contribution in [0.25, 0.3) is 6.08 Å². The van der Waals surface area contributed by atoms with Crippen molar-refractivity contribution in [3.63, 3.8) is 0 Å². The Labute approximate surface area is 264 Å². The van der Waals surface area contributed by atoms with E-state index in [1.54, 1.807) is 36.4 Å². The number of ether oxygens (including phenoxy) is 2. The SMILES string of the molecule is C=CCc1cc(/C=C2\SC(=O)N(CC(=O)Nc3ccc(Br)c(Cl)c3)C2=O)cc(OCC)c1OCc1ccc(Br)cc1. The number of rotatable bonds is 11. The van der Waals surface area contributed by atoms with Crippen LogP contribution < -0.4 is 14.8 Å². The Hall–Kier alpha value is -3.05. The van der Waals surface area contributed by atoms with E-state index < -0.39 is 23.6 Å². The molecule has 0 aliphatic carbocycles. The number of allylic oxidation sites excluding steroid dienone is 1. The average Bonchev–Trinajstić information content (AvgIpc) is 3.18. The zero-order chi connectivity index (χ0) is 29.5. The molecule has 212 valence electrons.